The molecule has 0 bridgehead atoms. The molecule has 0 saturated heterocycles. The Morgan fingerprint density at radius 2 is 2.08 bits per heavy atom. The Kier molecular flexibility index (Phi) is 8.13. The third kappa shape index (κ3) is 5.49. The summed E-state index contributed by atoms with van der Waals surface area (Å²) in [6, 6.07) is 5.93. The van der Waals surface area contributed by atoms with Gasteiger partial charge in [-0.3, -0.25) is 9.59 Å². The van der Waals surface area contributed by atoms with Gasteiger partial charge in [0.2, 0.25) is 5.91 Å². The molecule has 2 aromatic rings. The van der Waals surface area contributed by atoms with Crippen LogP contribution in [0, 0.1) is 30.1 Å². The van der Waals surface area contributed by atoms with Crippen molar-refractivity contribution in [1.29, 1.82) is 0 Å². The van der Waals surface area contributed by atoms with Gasteiger partial charge < -0.3 is 15.2 Å². The smallest absolute Gasteiger partial charge is 0.306 e. The monoisotopic (exact) mass is 538 g/mol. The number of amides is 1. The van der Waals surface area contributed by atoms with E-state index in [1.807, 2.05) is 19.1 Å². The van der Waals surface area contributed by atoms with Crippen LogP contribution in [0.4, 0.5) is 5.13 Å². The molecule has 6 nitrogen and oxygen atoms in total. The Morgan fingerprint density at radius 3 is 2.84 bits per heavy atom. The first-order chi connectivity index (χ1) is 18.3. The number of nitrogens with one attached hydrogen (secondary N) is 1. The number of esters is 1. The van der Waals surface area contributed by atoms with Gasteiger partial charge in [0.05, 0.1) is 0 Å². The molecule has 2 N–H and O–H groups in total. The minimum Gasteiger partial charge on any atom is -0.508 e. The van der Waals surface area contributed by atoms with Crippen LogP contribution in [0.1, 0.15) is 100.0 Å². The van der Waals surface area contributed by atoms with E-state index in [0.29, 0.717) is 47.4 Å². The van der Waals surface area contributed by atoms with Crippen LogP contribution >= 0.6 is 11.3 Å². The molecule has 1 aromatic carbocycles. The molecule has 0 aliphatic heterocycles. The largest absolute Gasteiger partial charge is 0.508 e. The maximum Gasteiger partial charge on any atom is 0.306 e. The Bertz CT molecular complexity index is 1160. The summed E-state index contributed by atoms with van der Waals surface area (Å²) in [5.74, 6) is 2.26. The molecule has 38 heavy (non-hydrogen) atoms. The van der Waals surface area contributed by atoms with E-state index in [-0.39, 0.29) is 23.4 Å². The van der Waals surface area contributed by atoms with Crippen LogP contribution in [0.25, 0.3) is 0 Å². The maximum absolute atomic E-state index is 12.7. The second-order valence-corrected chi connectivity index (χ2v) is 13.3. The van der Waals surface area contributed by atoms with Crippen molar-refractivity contribution in [3.63, 3.8) is 0 Å². The van der Waals surface area contributed by atoms with Crippen molar-refractivity contribution in [3.05, 3.63) is 40.4 Å². The van der Waals surface area contributed by atoms with Gasteiger partial charge in [0.1, 0.15) is 11.9 Å². The molecular weight excluding hydrogens is 496 g/mol. The summed E-state index contributed by atoms with van der Waals surface area (Å²) >= 11 is 1.50. The SMILES string of the molecule is CCCCC(=O)O[C@H]1C[C@@H](CCCC(=O)Nc2ncc(C)s2)C2C3CCc4cc(O)ccc4C3CC[C@@]21C. The quantitative estimate of drug-likeness (QED) is 0.331. The number of anilines is 1. The number of benzene rings is 1. The average Bonchev–Trinajstić information content (AvgIpc) is 3.41. The number of ether oxygens (including phenoxy) is 1. The van der Waals surface area contributed by atoms with Gasteiger partial charge in [-0.15, -0.1) is 11.3 Å². The van der Waals surface area contributed by atoms with Crippen molar-refractivity contribution in [1.82, 2.24) is 4.98 Å². The Labute approximate surface area is 230 Å². The molecule has 206 valence electrons. The van der Waals surface area contributed by atoms with Crippen molar-refractivity contribution < 1.29 is 19.4 Å². The van der Waals surface area contributed by atoms with Crippen LogP contribution < -0.4 is 5.32 Å². The average molecular weight is 539 g/mol. The number of phenols is 1. The van der Waals surface area contributed by atoms with Crippen LogP contribution in [0.5, 0.6) is 5.75 Å². The van der Waals surface area contributed by atoms with Crippen LogP contribution in [-0.2, 0) is 20.7 Å². The molecule has 1 heterocycles. The number of carbonyl (C=O) groups is 2. The molecular formula is C31H42N2O4S. The summed E-state index contributed by atoms with van der Waals surface area (Å²) < 4.78 is 6.23. The third-order valence-corrected chi connectivity index (χ3v) is 10.4. The number of hydrogen-bond donors (Lipinski definition) is 2. The number of nitrogens with zero attached hydrogens (tertiary/aromatic N) is 1. The summed E-state index contributed by atoms with van der Waals surface area (Å²) in [6.07, 6.45) is 11.5. The molecule has 7 heteroatoms. The highest BCUT2D eigenvalue weighted by molar-refractivity contribution is 7.15. The Hall–Kier alpha value is -2.41. The van der Waals surface area contributed by atoms with Crippen molar-refractivity contribution >= 4 is 28.3 Å². The Morgan fingerprint density at radius 1 is 1.24 bits per heavy atom. The summed E-state index contributed by atoms with van der Waals surface area (Å²) in [5, 5.41) is 13.7. The zero-order valence-electron chi connectivity index (χ0n) is 23.0. The Balaban J connectivity index is 1.31. The minimum atomic E-state index is -0.0535. The normalized spacial score (nSPS) is 29.7. The fraction of sp³-hybridized carbons (Fsp3) is 0.645. The summed E-state index contributed by atoms with van der Waals surface area (Å²) in [5.41, 5.74) is 2.67. The topological polar surface area (TPSA) is 88.5 Å². The lowest BCUT2D eigenvalue weighted by Gasteiger charge is -2.51. The lowest BCUT2D eigenvalue weighted by Crippen LogP contribution is -2.46. The first kappa shape index (κ1) is 27.2. The third-order valence-electron chi connectivity index (χ3n) is 9.62. The highest BCUT2D eigenvalue weighted by Crippen LogP contribution is 2.64. The summed E-state index contributed by atoms with van der Waals surface area (Å²) in [4.78, 5) is 30.7. The molecule has 1 amide bonds. The van der Waals surface area contributed by atoms with E-state index in [9.17, 15) is 14.7 Å². The van der Waals surface area contributed by atoms with Gasteiger partial charge in [0, 0.05) is 29.3 Å². The molecule has 2 saturated carbocycles. The summed E-state index contributed by atoms with van der Waals surface area (Å²) in [7, 11) is 0. The fourth-order valence-electron chi connectivity index (χ4n) is 7.94. The molecule has 6 atom stereocenters. The molecule has 3 unspecified atom stereocenters. The lowest BCUT2D eigenvalue weighted by molar-refractivity contribution is -0.157. The molecule has 0 radical (unpaired) electrons. The number of aromatic nitrogens is 1. The minimum absolute atomic E-state index is 0.0237. The van der Waals surface area contributed by atoms with Gasteiger partial charge in [0.15, 0.2) is 5.13 Å². The van der Waals surface area contributed by atoms with Gasteiger partial charge in [0.25, 0.3) is 0 Å². The highest BCUT2D eigenvalue weighted by atomic mass is 32.1. The molecule has 3 aliphatic rings. The number of thiazole rings is 1. The zero-order valence-corrected chi connectivity index (χ0v) is 23.8. The standard InChI is InChI=1S/C31H42N2O4S/c1-4-5-9-28(36)37-26-17-21(7-6-8-27(35)33-30-32-18-19(2)38-30)29-25-12-10-20-16-22(34)11-13-23(20)24(25)14-15-31(26,29)3/h11,13,16,18,21,24-26,29,34H,4-10,12,14-15,17H2,1-3H3,(H,32,33,35)/t21-,24?,25?,26+,29?,31-/m1/s1. The number of hydrogen-bond acceptors (Lipinski definition) is 6. The van der Waals surface area contributed by atoms with Gasteiger partial charge in [-0.25, -0.2) is 4.98 Å². The molecule has 2 fully saturated rings. The number of carbonyl (C=O) groups excluding carboxylic acids is 2. The lowest BCUT2D eigenvalue weighted by atomic mass is 9.53. The van der Waals surface area contributed by atoms with Gasteiger partial charge in [-0.1, -0.05) is 26.3 Å². The van der Waals surface area contributed by atoms with Crippen LogP contribution in [-0.4, -0.2) is 28.1 Å². The molecule has 5 rings (SSSR count). The van der Waals surface area contributed by atoms with E-state index in [1.165, 1.54) is 22.5 Å². The van der Waals surface area contributed by atoms with Gasteiger partial charge >= 0.3 is 5.97 Å². The van der Waals surface area contributed by atoms with Crippen molar-refractivity contribution in [2.24, 2.45) is 23.2 Å². The number of phenolic OH excluding ortho intramolecular Hbond substituents is 1. The van der Waals surface area contributed by atoms with E-state index in [1.54, 1.807) is 6.20 Å². The van der Waals surface area contributed by atoms with Gasteiger partial charge in [-0.05, 0) is 105 Å². The van der Waals surface area contributed by atoms with Crippen molar-refractivity contribution in [2.45, 2.75) is 103 Å². The zero-order chi connectivity index (χ0) is 26.9. The van der Waals surface area contributed by atoms with Gasteiger partial charge in [-0.2, -0.15) is 0 Å². The number of unbranched alkanes of at least 4 members (excludes halogenated alkanes) is 1. The number of fused-ring (bicyclic) bond motifs is 5. The first-order valence-electron chi connectivity index (χ1n) is 14.5. The van der Waals surface area contributed by atoms with Crippen LogP contribution in [0.15, 0.2) is 24.4 Å². The van der Waals surface area contributed by atoms with Crippen molar-refractivity contribution in [3.8, 4) is 5.75 Å². The number of aryl methyl sites for hydroxylation is 2. The number of aromatic hydroxyl groups is 1. The van der Waals surface area contributed by atoms with Crippen LogP contribution in [0.3, 0.4) is 0 Å². The predicted octanol–water partition coefficient (Wildman–Crippen LogP) is 7.15. The second kappa shape index (κ2) is 11.4. The van der Waals surface area contributed by atoms with E-state index in [0.717, 1.165) is 62.7 Å². The van der Waals surface area contributed by atoms with E-state index in [2.05, 4.69) is 30.2 Å². The first-order valence-corrected chi connectivity index (χ1v) is 15.3. The molecule has 1 aromatic heterocycles. The molecule has 0 spiro atoms. The second-order valence-electron chi connectivity index (χ2n) is 12.1. The maximum atomic E-state index is 12.7. The highest BCUT2D eigenvalue weighted by Gasteiger charge is 2.59. The van der Waals surface area contributed by atoms with E-state index >= 15 is 0 Å². The van der Waals surface area contributed by atoms with E-state index in [4.69, 9.17) is 4.74 Å². The van der Waals surface area contributed by atoms with Crippen molar-refractivity contribution in [2.75, 3.05) is 5.32 Å². The molecule has 3 aliphatic carbocycles. The number of rotatable bonds is 9. The predicted molar refractivity (Wildman–Crippen MR) is 150 cm³/mol. The van der Waals surface area contributed by atoms with Crippen LogP contribution in [0.2, 0.25) is 0 Å². The van der Waals surface area contributed by atoms with E-state index < -0.39 is 0 Å². The fourth-order valence-corrected chi connectivity index (χ4v) is 8.62. The summed E-state index contributed by atoms with van der Waals surface area (Å²) in [6.45, 7) is 6.46.